The summed E-state index contributed by atoms with van der Waals surface area (Å²) < 4.78 is 6.25. The molecule has 1 N–H and O–H groups in total. The van der Waals surface area contributed by atoms with Crippen molar-refractivity contribution in [2.24, 2.45) is 11.8 Å². The van der Waals surface area contributed by atoms with Crippen LogP contribution in [0.5, 0.6) is 5.75 Å². The van der Waals surface area contributed by atoms with Crippen molar-refractivity contribution in [2.45, 2.75) is 88.4 Å². The molecule has 4 atom stereocenters. The van der Waals surface area contributed by atoms with Crippen LogP contribution < -0.4 is 15.0 Å². The predicted octanol–water partition coefficient (Wildman–Crippen LogP) is 5.81. The highest BCUT2D eigenvalue weighted by molar-refractivity contribution is 6.31. The average Bonchev–Trinajstić information content (AvgIpc) is 3.67. The first-order valence-corrected chi connectivity index (χ1v) is 21.6. The minimum Gasteiger partial charge on any atom is -0.490 e. The minimum atomic E-state index is -0.967. The lowest BCUT2D eigenvalue weighted by molar-refractivity contribution is -0.136. The molecule has 60 heavy (non-hydrogen) atoms. The van der Waals surface area contributed by atoms with E-state index in [1.165, 1.54) is 0 Å². The Morgan fingerprint density at radius 1 is 0.817 bits per heavy atom. The molecule has 0 saturated carbocycles. The zero-order chi connectivity index (χ0) is 41.5. The number of anilines is 1. The lowest BCUT2D eigenvalue weighted by Crippen LogP contribution is -2.54. The van der Waals surface area contributed by atoms with E-state index >= 15 is 0 Å². The van der Waals surface area contributed by atoms with Crippen LogP contribution >= 0.6 is 11.6 Å². The first kappa shape index (κ1) is 39.8. The Kier molecular flexibility index (Phi) is 11.1. The van der Waals surface area contributed by atoms with Gasteiger partial charge in [-0.2, -0.15) is 5.26 Å². The van der Waals surface area contributed by atoms with Gasteiger partial charge in [0.1, 0.15) is 24.0 Å². The fraction of sp³-hybridized carbons (Fsp3) is 0.447. The van der Waals surface area contributed by atoms with Crippen molar-refractivity contribution in [3.63, 3.8) is 0 Å². The minimum absolute atomic E-state index is 0.00397. The third-order valence-electron chi connectivity index (χ3n) is 13.3. The Morgan fingerprint density at radius 2 is 1.53 bits per heavy atom. The van der Waals surface area contributed by atoms with E-state index in [4.69, 9.17) is 21.6 Å². The first-order chi connectivity index (χ1) is 29.1. The van der Waals surface area contributed by atoms with Gasteiger partial charge in [0.15, 0.2) is 0 Å². The fourth-order valence-electron chi connectivity index (χ4n) is 10.1. The molecule has 9 rings (SSSR count). The van der Waals surface area contributed by atoms with Crippen LogP contribution in [0.1, 0.15) is 106 Å². The van der Waals surface area contributed by atoms with Crippen molar-refractivity contribution in [3.8, 4) is 23.7 Å². The van der Waals surface area contributed by atoms with Gasteiger partial charge in [-0.15, -0.1) is 0 Å². The molecule has 308 valence electrons. The molecule has 5 saturated heterocycles. The molecule has 3 aromatic carbocycles. The number of rotatable bonds is 7. The number of nitrogens with zero attached hydrogens (tertiary/aromatic N) is 5. The van der Waals surface area contributed by atoms with Crippen molar-refractivity contribution in [1.82, 2.24) is 20.0 Å². The molecule has 13 heteroatoms. The molecule has 2 bridgehead atoms. The zero-order valence-corrected chi connectivity index (χ0v) is 34.2. The molecular formula is C47H47ClN6O6. The molecule has 0 aliphatic carbocycles. The van der Waals surface area contributed by atoms with Crippen LogP contribution in [0.25, 0.3) is 0 Å². The number of nitrogens with one attached hydrogen (secondary N) is 1. The number of likely N-dealkylation sites (tertiary alicyclic amines) is 1. The number of hydrogen-bond donors (Lipinski definition) is 1. The summed E-state index contributed by atoms with van der Waals surface area (Å²) in [4.78, 5) is 72.1. The number of carbonyl (C=O) groups is 5. The Hall–Kier alpha value is -5.69. The maximum absolute atomic E-state index is 13.7. The van der Waals surface area contributed by atoms with Gasteiger partial charge < -0.3 is 19.4 Å². The van der Waals surface area contributed by atoms with Crippen LogP contribution in [0.3, 0.4) is 0 Å². The summed E-state index contributed by atoms with van der Waals surface area (Å²) in [6.07, 6.45) is 7.83. The van der Waals surface area contributed by atoms with Crippen LogP contribution in [0.4, 0.5) is 5.69 Å². The SMILES string of the molecule is N#Cc1ccc(O[C@H]2C[C@H]3CC[C@@H](C2)N3C(=O)c2ccc(C#CC3CCN(CC4CCN(c5ccc6c(c5)C(=O)N(C5CCC(=O)NC5=O)C6=O)CC4)CC3)cc2)cc1Cl. The smallest absolute Gasteiger partial charge is 0.262 e. The van der Waals surface area contributed by atoms with Gasteiger partial charge in [0.2, 0.25) is 11.8 Å². The summed E-state index contributed by atoms with van der Waals surface area (Å²) in [6, 6.07) is 19.6. The van der Waals surface area contributed by atoms with E-state index in [2.05, 4.69) is 37.9 Å². The number of hydrogen-bond acceptors (Lipinski definition) is 9. The number of carbonyl (C=O) groups excluding carboxylic acids is 5. The van der Waals surface area contributed by atoms with Crippen LogP contribution in [0.2, 0.25) is 5.02 Å². The molecule has 0 radical (unpaired) electrons. The monoisotopic (exact) mass is 826 g/mol. The highest BCUT2D eigenvalue weighted by Gasteiger charge is 2.46. The van der Waals surface area contributed by atoms with Crippen molar-refractivity contribution in [2.75, 3.05) is 37.6 Å². The molecule has 1 unspecified atom stereocenters. The Morgan fingerprint density at radius 3 is 2.22 bits per heavy atom. The van der Waals surface area contributed by atoms with Gasteiger partial charge >= 0.3 is 0 Å². The van der Waals surface area contributed by atoms with E-state index < -0.39 is 23.8 Å². The molecule has 6 aliphatic heterocycles. The van der Waals surface area contributed by atoms with Gasteiger partial charge in [-0.25, -0.2) is 0 Å². The number of nitriles is 1. The lowest BCUT2D eigenvalue weighted by atomic mass is 9.92. The topological polar surface area (TPSA) is 143 Å². The molecule has 12 nitrogen and oxygen atoms in total. The number of piperidine rings is 4. The maximum atomic E-state index is 13.7. The third-order valence-corrected chi connectivity index (χ3v) is 13.7. The number of imide groups is 2. The van der Waals surface area contributed by atoms with Crippen LogP contribution in [-0.2, 0) is 9.59 Å². The molecule has 0 aromatic heterocycles. The van der Waals surface area contributed by atoms with Crippen LogP contribution in [0, 0.1) is 35.0 Å². The Balaban J connectivity index is 0.715. The van der Waals surface area contributed by atoms with Crippen LogP contribution in [0.15, 0.2) is 60.7 Å². The van der Waals surface area contributed by atoms with Gasteiger partial charge in [0.25, 0.3) is 17.7 Å². The van der Waals surface area contributed by atoms with Crippen LogP contribution in [-0.4, -0.2) is 101 Å². The van der Waals surface area contributed by atoms with Gasteiger partial charge in [0.05, 0.1) is 21.7 Å². The van der Waals surface area contributed by atoms with Crippen molar-refractivity contribution < 1.29 is 28.7 Å². The second-order valence-corrected chi connectivity index (χ2v) is 17.5. The Labute approximate surface area is 354 Å². The quantitative estimate of drug-likeness (QED) is 0.231. The molecular weight excluding hydrogens is 780 g/mol. The number of ether oxygens (including phenoxy) is 1. The average molecular weight is 827 g/mol. The zero-order valence-electron chi connectivity index (χ0n) is 33.4. The van der Waals surface area contributed by atoms with Gasteiger partial charge in [0, 0.05) is 79.8 Å². The highest BCUT2D eigenvalue weighted by Crippen LogP contribution is 2.39. The van der Waals surface area contributed by atoms with E-state index in [9.17, 15) is 24.0 Å². The lowest BCUT2D eigenvalue weighted by Gasteiger charge is -2.39. The molecule has 5 fully saturated rings. The number of fused-ring (bicyclic) bond motifs is 3. The summed E-state index contributed by atoms with van der Waals surface area (Å²) >= 11 is 6.22. The van der Waals surface area contributed by atoms with Crippen molar-refractivity contribution in [3.05, 3.63) is 93.5 Å². The molecule has 6 heterocycles. The summed E-state index contributed by atoms with van der Waals surface area (Å²) in [5.74, 6) is 6.57. The summed E-state index contributed by atoms with van der Waals surface area (Å²) in [6.45, 7) is 4.81. The van der Waals surface area contributed by atoms with E-state index in [0.717, 1.165) is 100 Å². The predicted molar refractivity (Wildman–Crippen MR) is 223 cm³/mol. The van der Waals surface area contributed by atoms with Gasteiger partial charge in [-0.05, 0) is 119 Å². The highest BCUT2D eigenvalue weighted by atomic mass is 35.5. The second kappa shape index (κ2) is 16.8. The van der Waals surface area contributed by atoms with Gasteiger partial charge in [-0.1, -0.05) is 23.4 Å². The third kappa shape index (κ3) is 7.99. The molecule has 3 aromatic rings. The van der Waals surface area contributed by atoms with E-state index in [-0.39, 0.29) is 42.8 Å². The number of benzene rings is 3. The molecule has 0 spiro atoms. The standard InChI is InChI=1S/C47H47ClN6O6/c48-41-26-37(11-7-33(41)27-49)60-38-23-35-8-9-36(24-38)53(35)45(57)32-5-3-29(4-6-32)1-2-30-15-19-51(20-16-30)28-31-17-21-52(22-18-31)34-10-12-39-40(25-34)47(59)54(46(39)58)42-13-14-43(55)50-44(42)56/h3-7,10-12,25-26,30-31,35-36,38,42H,8-9,13-24,28H2,(H,50,55,56)/t35-,36+,38+,42?. The van der Waals surface area contributed by atoms with E-state index in [1.54, 1.807) is 30.3 Å². The van der Waals surface area contributed by atoms with E-state index in [1.807, 2.05) is 30.3 Å². The first-order valence-electron chi connectivity index (χ1n) is 21.3. The largest absolute Gasteiger partial charge is 0.490 e. The summed E-state index contributed by atoms with van der Waals surface area (Å²) in [5.41, 5.74) is 3.55. The number of halogens is 1. The van der Waals surface area contributed by atoms with Gasteiger partial charge in [-0.3, -0.25) is 34.2 Å². The summed E-state index contributed by atoms with van der Waals surface area (Å²) in [7, 11) is 0. The molecule has 6 aliphatic rings. The van der Waals surface area contributed by atoms with Crippen molar-refractivity contribution >= 4 is 46.8 Å². The maximum Gasteiger partial charge on any atom is 0.262 e. The fourth-order valence-corrected chi connectivity index (χ4v) is 10.3. The van der Waals surface area contributed by atoms with E-state index in [0.29, 0.717) is 44.9 Å². The second-order valence-electron chi connectivity index (χ2n) is 17.1. The Bertz CT molecular complexity index is 2320. The summed E-state index contributed by atoms with van der Waals surface area (Å²) in [5, 5.41) is 11.8. The van der Waals surface area contributed by atoms with Crippen molar-refractivity contribution in [1.29, 1.82) is 5.26 Å². The molecule has 5 amide bonds. The number of amides is 5. The normalized spacial score (nSPS) is 24.8.